The zero-order valence-corrected chi connectivity index (χ0v) is 20.6. The van der Waals surface area contributed by atoms with Crippen LogP contribution in [0.4, 0.5) is 11.5 Å². The SMILES string of the molecule is Cc1cc(N2CCOCC2)cc2nnnc(N3CCCC(C(O)c4cnn(C(C)(C)C)c4)C3)c12. The number of aliphatic hydroxyl groups excluding tert-OH is 1. The highest BCUT2D eigenvalue weighted by Crippen LogP contribution is 2.35. The molecule has 2 aliphatic rings. The number of aliphatic hydroxyl groups is 1. The summed E-state index contributed by atoms with van der Waals surface area (Å²) in [7, 11) is 0. The van der Waals surface area contributed by atoms with Crippen LogP contribution >= 0.6 is 0 Å². The molecule has 3 aromatic rings. The van der Waals surface area contributed by atoms with Gasteiger partial charge in [0.2, 0.25) is 0 Å². The van der Waals surface area contributed by atoms with Gasteiger partial charge in [0.25, 0.3) is 0 Å². The number of fused-ring (bicyclic) bond motifs is 1. The highest BCUT2D eigenvalue weighted by atomic mass is 16.5. The number of aromatic nitrogens is 5. The van der Waals surface area contributed by atoms with Gasteiger partial charge in [-0.15, -0.1) is 10.2 Å². The second-order valence-corrected chi connectivity index (χ2v) is 10.6. The lowest BCUT2D eigenvalue weighted by atomic mass is 9.89. The van der Waals surface area contributed by atoms with E-state index in [1.54, 1.807) is 6.20 Å². The number of rotatable bonds is 4. The Balaban J connectivity index is 1.40. The quantitative estimate of drug-likeness (QED) is 0.629. The highest BCUT2D eigenvalue weighted by molar-refractivity contribution is 5.94. The van der Waals surface area contributed by atoms with Gasteiger partial charge < -0.3 is 19.6 Å². The summed E-state index contributed by atoms with van der Waals surface area (Å²) >= 11 is 0. The molecule has 182 valence electrons. The van der Waals surface area contributed by atoms with E-state index in [9.17, 15) is 5.11 Å². The minimum Gasteiger partial charge on any atom is -0.388 e. The van der Waals surface area contributed by atoms with Crippen molar-refractivity contribution in [1.82, 2.24) is 25.2 Å². The van der Waals surface area contributed by atoms with E-state index >= 15 is 0 Å². The summed E-state index contributed by atoms with van der Waals surface area (Å²) in [6, 6.07) is 4.33. The Morgan fingerprint density at radius 1 is 1.09 bits per heavy atom. The third-order valence-electron chi connectivity index (χ3n) is 7.03. The average molecular weight is 466 g/mol. The Morgan fingerprint density at radius 2 is 1.88 bits per heavy atom. The molecule has 4 heterocycles. The third kappa shape index (κ3) is 4.46. The Bertz CT molecular complexity index is 1150. The Labute approximate surface area is 200 Å². The van der Waals surface area contributed by atoms with Crippen LogP contribution in [0.2, 0.25) is 0 Å². The number of benzene rings is 1. The van der Waals surface area contributed by atoms with Crippen LogP contribution in [0.15, 0.2) is 24.5 Å². The van der Waals surface area contributed by atoms with Crippen molar-refractivity contribution in [2.24, 2.45) is 5.92 Å². The fraction of sp³-hybridized carbons (Fsp3) is 0.600. The first kappa shape index (κ1) is 23.0. The summed E-state index contributed by atoms with van der Waals surface area (Å²) in [6.07, 6.45) is 5.17. The first-order chi connectivity index (χ1) is 16.3. The first-order valence-corrected chi connectivity index (χ1v) is 12.3. The molecule has 34 heavy (non-hydrogen) atoms. The van der Waals surface area contributed by atoms with E-state index in [0.29, 0.717) is 0 Å². The van der Waals surface area contributed by atoms with Crippen molar-refractivity contribution in [2.75, 3.05) is 49.2 Å². The molecule has 1 aromatic carbocycles. The lowest BCUT2D eigenvalue weighted by Gasteiger charge is -2.36. The van der Waals surface area contributed by atoms with Gasteiger partial charge >= 0.3 is 0 Å². The number of aryl methyl sites for hydroxylation is 1. The fourth-order valence-corrected chi connectivity index (χ4v) is 5.10. The molecule has 9 nitrogen and oxygen atoms in total. The topological polar surface area (TPSA) is 92.4 Å². The number of morpholine rings is 1. The van der Waals surface area contributed by atoms with E-state index in [2.05, 4.69) is 70.1 Å². The summed E-state index contributed by atoms with van der Waals surface area (Å²) in [5.41, 5.74) is 3.92. The zero-order chi connectivity index (χ0) is 23.9. The number of hydrogen-bond donors (Lipinski definition) is 1. The molecule has 9 heteroatoms. The van der Waals surface area contributed by atoms with Gasteiger partial charge in [0.05, 0.1) is 31.1 Å². The number of piperidine rings is 1. The van der Waals surface area contributed by atoms with Crippen LogP contribution in [-0.4, -0.2) is 69.7 Å². The average Bonchev–Trinajstić information content (AvgIpc) is 3.35. The molecule has 0 saturated carbocycles. The molecule has 2 aromatic heterocycles. The van der Waals surface area contributed by atoms with E-state index in [4.69, 9.17) is 4.74 Å². The molecule has 0 radical (unpaired) electrons. The van der Waals surface area contributed by atoms with Crippen LogP contribution in [0.5, 0.6) is 0 Å². The fourth-order valence-electron chi connectivity index (χ4n) is 5.10. The molecular formula is C25H35N7O2. The molecule has 0 spiro atoms. The van der Waals surface area contributed by atoms with Crippen LogP contribution in [0.25, 0.3) is 10.9 Å². The normalized spacial score (nSPS) is 20.7. The molecule has 2 aliphatic heterocycles. The zero-order valence-electron chi connectivity index (χ0n) is 20.6. The third-order valence-corrected chi connectivity index (χ3v) is 7.03. The summed E-state index contributed by atoms with van der Waals surface area (Å²) in [6.45, 7) is 13.3. The highest BCUT2D eigenvalue weighted by Gasteiger charge is 2.30. The smallest absolute Gasteiger partial charge is 0.162 e. The number of anilines is 2. The van der Waals surface area contributed by atoms with Gasteiger partial charge in [-0.2, -0.15) is 5.10 Å². The maximum atomic E-state index is 11.2. The van der Waals surface area contributed by atoms with E-state index in [1.807, 2.05) is 10.9 Å². The largest absolute Gasteiger partial charge is 0.388 e. The van der Waals surface area contributed by atoms with Crippen LogP contribution in [0.1, 0.15) is 50.8 Å². The van der Waals surface area contributed by atoms with Gasteiger partial charge in [0.15, 0.2) is 5.82 Å². The van der Waals surface area contributed by atoms with Crippen molar-refractivity contribution in [1.29, 1.82) is 0 Å². The summed E-state index contributed by atoms with van der Waals surface area (Å²) in [4.78, 5) is 4.60. The van der Waals surface area contributed by atoms with E-state index in [0.717, 1.165) is 85.8 Å². The number of ether oxygens (including phenoxy) is 1. The molecule has 2 fully saturated rings. The van der Waals surface area contributed by atoms with Crippen LogP contribution in [0, 0.1) is 12.8 Å². The van der Waals surface area contributed by atoms with E-state index in [-0.39, 0.29) is 11.5 Å². The van der Waals surface area contributed by atoms with Crippen molar-refractivity contribution in [3.63, 3.8) is 0 Å². The van der Waals surface area contributed by atoms with Gasteiger partial charge in [0.1, 0.15) is 5.52 Å². The van der Waals surface area contributed by atoms with Crippen molar-refractivity contribution >= 4 is 22.4 Å². The summed E-state index contributed by atoms with van der Waals surface area (Å²) in [5.74, 6) is 0.961. The predicted molar refractivity (Wildman–Crippen MR) is 132 cm³/mol. The number of hydrogen-bond acceptors (Lipinski definition) is 8. The first-order valence-electron chi connectivity index (χ1n) is 12.3. The van der Waals surface area contributed by atoms with Crippen LogP contribution < -0.4 is 9.80 Å². The molecule has 0 amide bonds. The van der Waals surface area contributed by atoms with E-state index < -0.39 is 6.10 Å². The molecule has 5 rings (SSSR count). The van der Waals surface area contributed by atoms with Gasteiger partial charge in [-0.1, -0.05) is 0 Å². The van der Waals surface area contributed by atoms with Crippen LogP contribution in [-0.2, 0) is 10.3 Å². The van der Waals surface area contributed by atoms with Gasteiger partial charge in [-0.25, -0.2) is 0 Å². The van der Waals surface area contributed by atoms with Crippen molar-refractivity contribution < 1.29 is 9.84 Å². The minimum absolute atomic E-state index is 0.101. The second-order valence-electron chi connectivity index (χ2n) is 10.6. The monoisotopic (exact) mass is 465 g/mol. The molecular weight excluding hydrogens is 430 g/mol. The van der Waals surface area contributed by atoms with Gasteiger partial charge in [-0.3, -0.25) is 4.68 Å². The van der Waals surface area contributed by atoms with Crippen LogP contribution in [0.3, 0.4) is 0 Å². The molecule has 1 N–H and O–H groups in total. The Kier molecular flexibility index (Phi) is 6.16. The molecule has 2 saturated heterocycles. The minimum atomic E-state index is -0.561. The molecule has 2 atom stereocenters. The van der Waals surface area contributed by atoms with Crippen molar-refractivity contribution in [3.8, 4) is 0 Å². The Morgan fingerprint density at radius 3 is 2.62 bits per heavy atom. The maximum Gasteiger partial charge on any atom is 0.162 e. The summed E-state index contributed by atoms with van der Waals surface area (Å²) in [5, 5.41) is 29.7. The Hall–Kier alpha value is -2.78. The lowest BCUT2D eigenvalue weighted by molar-refractivity contribution is 0.0978. The van der Waals surface area contributed by atoms with Crippen molar-refractivity contribution in [2.45, 2.75) is 52.2 Å². The van der Waals surface area contributed by atoms with E-state index in [1.165, 1.54) is 0 Å². The molecule has 2 unspecified atom stereocenters. The lowest BCUT2D eigenvalue weighted by Crippen LogP contribution is -2.38. The number of nitrogens with zero attached hydrogens (tertiary/aromatic N) is 7. The van der Waals surface area contributed by atoms with Gasteiger partial charge in [-0.05, 0) is 63.4 Å². The second kappa shape index (κ2) is 9.11. The van der Waals surface area contributed by atoms with Crippen molar-refractivity contribution in [3.05, 3.63) is 35.7 Å². The maximum absolute atomic E-state index is 11.2. The predicted octanol–water partition coefficient (Wildman–Crippen LogP) is 3.07. The molecule has 0 aliphatic carbocycles. The summed E-state index contributed by atoms with van der Waals surface area (Å²) < 4.78 is 7.42. The molecule has 0 bridgehead atoms. The standard InChI is InChI=1S/C25H35N7O2/c1-17-12-20(30-8-10-34-11-9-30)13-21-22(17)24(28-29-27-21)31-7-5-6-18(15-31)23(33)19-14-26-32(16-19)25(2,3)4/h12-14,16,18,23,33H,5-11,15H2,1-4H3. The van der Waals surface area contributed by atoms with Gasteiger partial charge in [0, 0.05) is 54.9 Å².